The third-order valence-electron chi connectivity index (χ3n) is 4.02. The number of nitrogens with two attached hydrogens (primary N) is 1. The highest BCUT2D eigenvalue weighted by Gasteiger charge is 2.22. The number of carbonyl (C=O) groups is 1. The minimum absolute atomic E-state index is 0.181. The molecule has 0 spiro atoms. The van der Waals surface area contributed by atoms with Gasteiger partial charge in [-0.1, -0.05) is 0 Å². The molecular weight excluding hydrogens is 372 g/mol. The highest BCUT2D eigenvalue weighted by Crippen LogP contribution is 2.34. The number of nitrogens with zero attached hydrogens (tertiary/aromatic N) is 1. The van der Waals surface area contributed by atoms with Crippen LogP contribution in [-0.2, 0) is 9.47 Å². The molecule has 0 atom stereocenters. The van der Waals surface area contributed by atoms with Gasteiger partial charge in [0.2, 0.25) is 0 Å². The number of hydrogen-bond donors (Lipinski definition) is 1. The van der Waals surface area contributed by atoms with E-state index in [0.717, 1.165) is 16.9 Å². The Morgan fingerprint density at radius 1 is 1.07 bits per heavy atom. The standard InChI is InChI=1S/C22H30N2O5/c1-14-10-17(11-15(2)20(14)27-13-26-7)28-16-8-9-18(23)19(12-16)24(6)21(25)29-22(3,4)5/h8-12H,13,23H2,1-7H3. The summed E-state index contributed by atoms with van der Waals surface area (Å²) >= 11 is 0. The zero-order valence-electron chi connectivity index (χ0n) is 18.2. The van der Waals surface area contributed by atoms with E-state index in [2.05, 4.69) is 0 Å². The molecule has 0 aromatic heterocycles. The van der Waals surface area contributed by atoms with Gasteiger partial charge in [-0.25, -0.2) is 4.79 Å². The van der Waals surface area contributed by atoms with E-state index in [-0.39, 0.29) is 6.79 Å². The monoisotopic (exact) mass is 402 g/mol. The Bertz CT molecular complexity index is 851. The minimum atomic E-state index is -0.601. The number of carbonyl (C=O) groups excluding carboxylic acids is 1. The van der Waals surface area contributed by atoms with E-state index in [9.17, 15) is 4.79 Å². The third kappa shape index (κ3) is 6.02. The van der Waals surface area contributed by atoms with E-state index in [1.54, 1.807) is 32.4 Å². The maximum atomic E-state index is 12.4. The van der Waals surface area contributed by atoms with Gasteiger partial charge >= 0.3 is 6.09 Å². The van der Waals surface area contributed by atoms with Crippen LogP contribution in [0.4, 0.5) is 16.2 Å². The molecule has 0 fully saturated rings. The van der Waals surface area contributed by atoms with Crippen LogP contribution in [0, 0.1) is 13.8 Å². The average molecular weight is 402 g/mol. The van der Waals surface area contributed by atoms with Crippen LogP contribution in [0.1, 0.15) is 31.9 Å². The summed E-state index contributed by atoms with van der Waals surface area (Å²) in [6, 6.07) is 8.92. The molecule has 0 unspecified atom stereocenters. The Kier molecular flexibility index (Phi) is 6.97. The first kappa shape index (κ1) is 22.4. The highest BCUT2D eigenvalue weighted by molar-refractivity contribution is 5.91. The molecule has 2 N–H and O–H groups in total. The smallest absolute Gasteiger partial charge is 0.414 e. The molecule has 1 amide bonds. The Labute approximate surface area is 172 Å². The second-order valence-corrected chi connectivity index (χ2v) is 7.80. The van der Waals surface area contributed by atoms with Crippen LogP contribution in [0.3, 0.4) is 0 Å². The summed E-state index contributed by atoms with van der Waals surface area (Å²) in [4.78, 5) is 13.7. The molecule has 2 rings (SSSR count). The van der Waals surface area contributed by atoms with Gasteiger partial charge in [0.15, 0.2) is 6.79 Å². The number of hydrogen-bond acceptors (Lipinski definition) is 6. The van der Waals surface area contributed by atoms with Crippen LogP contribution in [0.15, 0.2) is 30.3 Å². The Hall–Kier alpha value is -2.93. The van der Waals surface area contributed by atoms with E-state index in [4.69, 9.17) is 24.7 Å². The molecule has 0 saturated carbocycles. The summed E-state index contributed by atoms with van der Waals surface area (Å²) in [5, 5.41) is 0. The van der Waals surface area contributed by atoms with Crippen molar-refractivity contribution in [2.45, 2.75) is 40.2 Å². The second-order valence-electron chi connectivity index (χ2n) is 7.80. The van der Waals surface area contributed by atoms with E-state index >= 15 is 0 Å². The van der Waals surface area contributed by atoms with Crippen molar-refractivity contribution in [3.05, 3.63) is 41.5 Å². The summed E-state index contributed by atoms with van der Waals surface area (Å²) in [7, 11) is 3.19. The fourth-order valence-electron chi connectivity index (χ4n) is 2.76. The van der Waals surface area contributed by atoms with Crippen molar-refractivity contribution in [1.29, 1.82) is 0 Å². The number of rotatable bonds is 6. The lowest BCUT2D eigenvalue weighted by Crippen LogP contribution is -2.34. The SMILES string of the molecule is COCOc1c(C)cc(Oc2ccc(N)c(N(C)C(=O)OC(C)(C)C)c2)cc1C. The maximum absolute atomic E-state index is 12.4. The molecule has 0 aliphatic rings. The first-order valence-electron chi connectivity index (χ1n) is 9.29. The molecule has 0 saturated heterocycles. The van der Waals surface area contributed by atoms with E-state index in [1.807, 2.05) is 46.8 Å². The minimum Gasteiger partial charge on any atom is -0.467 e. The predicted molar refractivity (Wildman–Crippen MR) is 114 cm³/mol. The number of amides is 1. The van der Waals surface area contributed by atoms with Crippen molar-refractivity contribution < 1.29 is 23.7 Å². The second kappa shape index (κ2) is 9.05. The Morgan fingerprint density at radius 3 is 2.24 bits per heavy atom. The number of nitrogen functional groups attached to an aromatic ring is 1. The van der Waals surface area contributed by atoms with Gasteiger partial charge in [0.05, 0.1) is 11.4 Å². The van der Waals surface area contributed by atoms with Crippen LogP contribution in [-0.4, -0.2) is 32.6 Å². The van der Waals surface area contributed by atoms with Crippen molar-refractivity contribution in [1.82, 2.24) is 0 Å². The van der Waals surface area contributed by atoms with Crippen LogP contribution in [0.25, 0.3) is 0 Å². The molecule has 29 heavy (non-hydrogen) atoms. The van der Waals surface area contributed by atoms with Crippen molar-refractivity contribution in [2.24, 2.45) is 0 Å². The highest BCUT2D eigenvalue weighted by atomic mass is 16.7. The fraction of sp³-hybridized carbons (Fsp3) is 0.409. The maximum Gasteiger partial charge on any atom is 0.414 e. The van der Waals surface area contributed by atoms with Gasteiger partial charge in [0.1, 0.15) is 22.8 Å². The molecule has 7 nitrogen and oxygen atoms in total. The van der Waals surface area contributed by atoms with Crippen LogP contribution in [0.2, 0.25) is 0 Å². The summed E-state index contributed by atoms with van der Waals surface area (Å²) in [6.45, 7) is 9.50. The first-order chi connectivity index (χ1) is 13.5. The summed E-state index contributed by atoms with van der Waals surface area (Å²) in [5.74, 6) is 1.97. The molecule has 0 aliphatic carbocycles. The number of methoxy groups -OCH3 is 1. The Balaban J connectivity index is 2.25. The summed E-state index contributed by atoms with van der Waals surface area (Å²) in [6.07, 6.45) is -0.493. The predicted octanol–water partition coefficient (Wildman–Crippen LogP) is 5.03. The molecule has 7 heteroatoms. The molecule has 2 aromatic rings. The van der Waals surface area contributed by atoms with Crippen LogP contribution >= 0.6 is 0 Å². The molecule has 158 valence electrons. The van der Waals surface area contributed by atoms with Gasteiger partial charge < -0.3 is 24.7 Å². The first-order valence-corrected chi connectivity index (χ1v) is 9.29. The largest absolute Gasteiger partial charge is 0.467 e. The number of ether oxygens (including phenoxy) is 4. The van der Waals surface area contributed by atoms with Gasteiger partial charge in [-0.15, -0.1) is 0 Å². The van der Waals surface area contributed by atoms with Gasteiger partial charge in [0.25, 0.3) is 0 Å². The van der Waals surface area contributed by atoms with Gasteiger partial charge in [-0.2, -0.15) is 0 Å². The molecule has 0 bridgehead atoms. The fourth-order valence-corrected chi connectivity index (χ4v) is 2.76. The topological polar surface area (TPSA) is 83.3 Å². The summed E-state index contributed by atoms with van der Waals surface area (Å²) in [5.41, 5.74) is 8.27. The number of aryl methyl sites for hydroxylation is 2. The van der Waals surface area contributed by atoms with Crippen molar-refractivity contribution in [2.75, 3.05) is 31.6 Å². The van der Waals surface area contributed by atoms with E-state index in [0.29, 0.717) is 22.9 Å². The lowest BCUT2D eigenvalue weighted by Gasteiger charge is -2.25. The van der Waals surface area contributed by atoms with E-state index < -0.39 is 11.7 Å². The van der Waals surface area contributed by atoms with Crippen LogP contribution in [0.5, 0.6) is 17.2 Å². The number of anilines is 2. The zero-order chi connectivity index (χ0) is 21.8. The molecule has 0 radical (unpaired) electrons. The van der Waals surface area contributed by atoms with E-state index in [1.165, 1.54) is 4.90 Å². The molecule has 0 aliphatic heterocycles. The quantitative estimate of drug-likeness (QED) is 0.539. The third-order valence-corrected chi connectivity index (χ3v) is 4.02. The average Bonchev–Trinajstić information content (AvgIpc) is 2.60. The van der Waals surface area contributed by atoms with Crippen molar-refractivity contribution >= 4 is 17.5 Å². The molecular formula is C22H30N2O5. The number of benzene rings is 2. The summed E-state index contributed by atoms with van der Waals surface area (Å²) < 4.78 is 22.0. The van der Waals surface area contributed by atoms with Gasteiger partial charge in [0, 0.05) is 20.2 Å². The lowest BCUT2D eigenvalue weighted by molar-refractivity contribution is 0.0501. The van der Waals surface area contributed by atoms with Gasteiger partial charge in [-0.05, 0) is 70.0 Å². The van der Waals surface area contributed by atoms with Gasteiger partial charge in [-0.3, -0.25) is 4.90 Å². The van der Waals surface area contributed by atoms with Crippen LogP contribution < -0.4 is 20.1 Å². The zero-order valence-corrected chi connectivity index (χ0v) is 18.2. The van der Waals surface area contributed by atoms with Crippen molar-refractivity contribution in [3.63, 3.8) is 0 Å². The molecule has 2 aromatic carbocycles. The van der Waals surface area contributed by atoms with Crippen molar-refractivity contribution in [3.8, 4) is 17.2 Å². The molecule has 0 heterocycles. The Morgan fingerprint density at radius 2 is 1.69 bits per heavy atom. The lowest BCUT2D eigenvalue weighted by atomic mass is 10.1. The normalized spacial score (nSPS) is 11.1.